The maximum atomic E-state index is 6.03. The van der Waals surface area contributed by atoms with Crippen LogP contribution in [0.3, 0.4) is 0 Å². The molecule has 0 unspecified atom stereocenters. The molecule has 32 heavy (non-hydrogen) atoms. The first-order valence-electron chi connectivity index (χ1n) is 12.2. The van der Waals surface area contributed by atoms with Crippen LogP contribution in [0.5, 0.6) is 5.75 Å². The van der Waals surface area contributed by atoms with E-state index in [2.05, 4.69) is 62.2 Å². The van der Waals surface area contributed by atoms with Crippen LogP contribution < -0.4 is 14.8 Å². The van der Waals surface area contributed by atoms with E-state index in [0.717, 1.165) is 48.4 Å². The maximum Gasteiger partial charge on any atom is 0.215 e. The molecule has 0 amide bonds. The van der Waals surface area contributed by atoms with E-state index in [0.29, 0.717) is 12.0 Å². The fraction of sp³-hybridized carbons (Fsp3) is 0.667. The van der Waals surface area contributed by atoms with Gasteiger partial charge in [0.2, 0.25) is 5.13 Å². The van der Waals surface area contributed by atoms with Crippen LogP contribution in [0.4, 0.5) is 5.13 Å². The molecule has 8 heteroatoms. The third-order valence-electron chi connectivity index (χ3n) is 6.64. The van der Waals surface area contributed by atoms with Crippen molar-refractivity contribution in [2.45, 2.75) is 76.3 Å². The molecule has 2 fully saturated rings. The van der Waals surface area contributed by atoms with Gasteiger partial charge in [0, 0.05) is 18.5 Å². The highest BCUT2D eigenvalue weighted by atomic mass is 32.1. The monoisotopic (exact) mass is 475 g/mol. The largest absolute Gasteiger partial charge is 0.494 e. The zero-order valence-electron chi connectivity index (χ0n) is 19.0. The van der Waals surface area contributed by atoms with Gasteiger partial charge in [-0.2, -0.15) is 0 Å². The topological polar surface area (TPSA) is 62.3 Å². The highest BCUT2D eigenvalue weighted by Crippen LogP contribution is 2.35. The number of unbranched alkanes of at least 4 members (excludes halogenated alkanes) is 1. The van der Waals surface area contributed by atoms with Crippen molar-refractivity contribution in [3.8, 4) is 5.75 Å². The number of piperidine rings is 1. The number of likely N-dealkylation sites (tertiary alicyclic amines) is 1. The number of hydrogen-bond acceptors (Lipinski definition) is 8. The lowest BCUT2D eigenvalue weighted by molar-refractivity contribution is 0.220. The number of nitrogens with zero attached hydrogens (tertiary/aromatic N) is 3. The zero-order valence-corrected chi connectivity index (χ0v) is 20.7. The minimum atomic E-state index is 0.556. The van der Waals surface area contributed by atoms with Crippen molar-refractivity contribution in [3.05, 3.63) is 34.8 Å². The molecule has 2 aromatic rings. The van der Waals surface area contributed by atoms with Gasteiger partial charge >= 0.3 is 0 Å². The Morgan fingerprint density at radius 1 is 1.06 bits per heavy atom. The molecule has 1 aliphatic carbocycles. The average molecular weight is 476 g/mol. The van der Waals surface area contributed by atoms with Crippen molar-refractivity contribution in [3.63, 3.8) is 0 Å². The van der Waals surface area contributed by atoms with Crippen LogP contribution in [0.25, 0.3) is 0 Å². The van der Waals surface area contributed by atoms with Crippen LogP contribution in [0.15, 0.2) is 24.3 Å². The second-order valence-corrected chi connectivity index (χ2v) is 10.3. The highest BCUT2D eigenvalue weighted by molar-refractivity contribution is 7.81. The molecule has 0 radical (unpaired) electrons. The minimum absolute atomic E-state index is 0.556. The summed E-state index contributed by atoms with van der Waals surface area (Å²) in [5.74, 6) is 1.57. The average Bonchev–Trinajstić information content (AvgIpc) is 3.32. The molecule has 6 nitrogen and oxygen atoms in total. The van der Waals surface area contributed by atoms with E-state index in [4.69, 9.17) is 4.74 Å². The molecular weight excluding hydrogens is 438 g/mol. The summed E-state index contributed by atoms with van der Waals surface area (Å²) in [6.45, 7) is 5.38. The summed E-state index contributed by atoms with van der Waals surface area (Å²) in [5.41, 5.74) is 1.37. The van der Waals surface area contributed by atoms with Crippen LogP contribution in [0.2, 0.25) is 0 Å². The Bertz CT molecular complexity index is 803. The molecule has 1 saturated heterocycles. The SMILES string of the molecule is SNc1nnc(C2CCC(NCCCCOc3cccc(CN4CCCCC4)c3)CC2)s1. The van der Waals surface area contributed by atoms with Gasteiger partial charge < -0.3 is 14.8 Å². The normalized spacial score (nSPS) is 22.0. The van der Waals surface area contributed by atoms with Gasteiger partial charge in [0.25, 0.3) is 0 Å². The van der Waals surface area contributed by atoms with Crippen LogP contribution in [-0.2, 0) is 6.54 Å². The first-order valence-corrected chi connectivity index (χ1v) is 13.5. The Morgan fingerprint density at radius 3 is 2.69 bits per heavy atom. The van der Waals surface area contributed by atoms with E-state index in [-0.39, 0.29) is 0 Å². The van der Waals surface area contributed by atoms with Crippen LogP contribution in [0.1, 0.15) is 74.3 Å². The van der Waals surface area contributed by atoms with Gasteiger partial charge in [-0.25, -0.2) is 0 Å². The lowest BCUT2D eigenvalue weighted by Gasteiger charge is -2.27. The van der Waals surface area contributed by atoms with Crippen molar-refractivity contribution < 1.29 is 4.74 Å². The van der Waals surface area contributed by atoms with Gasteiger partial charge in [0.05, 0.1) is 6.61 Å². The van der Waals surface area contributed by atoms with Gasteiger partial charge in [-0.3, -0.25) is 4.90 Å². The molecule has 0 spiro atoms. The lowest BCUT2D eigenvalue weighted by atomic mass is 9.86. The van der Waals surface area contributed by atoms with Gasteiger partial charge in [-0.1, -0.05) is 42.7 Å². The van der Waals surface area contributed by atoms with Crippen molar-refractivity contribution in [2.24, 2.45) is 0 Å². The van der Waals surface area contributed by atoms with Gasteiger partial charge in [-0.05, 0) is 88.7 Å². The standard InChI is InChI=1S/C24H37N5OS2/c31-28-24-27-26-23(32-24)20-9-11-21(12-10-20)25-13-2-5-16-30-22-8-6-7-19(17-22)18-29-14-3-1-4-15-29/h6-8,17,20-21,25,31H,1-5,9-16,18H2,(H,27,28). The Morgan fingerprint density at radius 2 is 1.91 bits per heavy atom. The Hall–Kier alpha value is -1.35. The predicted molar refractivity (Wildman–Crippen MR) is 136 cm³/mol. The van der Waals surface area contributed by atoms with Crippen LogP contribution >= 0.6 is 24.2 Å². The molecule has 2 heterocycles. The third kappa shape index (κ3) is 7.33. The molecule has 1 aliphatic heterocycles. The molecule has 0 bridgehead atoms. The smallest absolute Gasteiger partial charge is 0.215 e. The first kappa shape index (κ1) is 23.8. The molecule has 2 aliphatic rings. The van der Waals surface area contributed by atoms with Crippen LogP contribution in [-0.4, -0.2) is 47.4 Å². The summed E-state index contributed by atoms with van der Waals surface area (Å²) in [5, 5.41) is 14.1. The summed E-state index contributed by atoms with van der Waals surface area (Å²) in [4.78, 5) is 2.56. The van der Waals surface area contributed by atoms with E-state index in [1.165, 1.54) is 63.6 Å². The Balaban J connectivity index is 1.07. The molecule has 1 aromatic heterocycles. The predicted octanol–water partition coefficient (Wildman–Crippen LogP) is 5.26. The summed E-state index contributed by atoms with van der Waals surface area (Å²) in [6, 6.07) is 9.29. The number of nitrogens with one attached hydrogen (secondary N) is 2. The van der Waals surface area contributed by atoms with E-state index in [1.807, 2.05) is 0 Å². The zero-order chi connectivity index (χ0) is 22.0. The molecule has 1 saturated carbocycles. The number of thiol groups is 1. The van der Waals surface area contributed by atoms with Crippen molar-refractivity contribution in [2.75, 3.05) is 31.0 Å². The number of ether oxygens (including phenoxy) is 1. The summed E-state index contributed by atoms with van der Waals surface area (Å²) in [7, 11) is 0. The highest BCUT2D eigenvalue weighted by Gasteiger charge is 2.24. The van der Waals surface area contributed by atoms with E-state index >= 15 is 0 Å². The molecule has 176 valence electrons. The quantitative estimate of drug-likeness (QED) is 0.305. The molecule has 0 atom stereocenters. The number of anilines is 1. The fourth-order valence-electron chi connectivity index (χ4n) is 4.82. The Kier molecular flexibility index (Phi) is 9.50. The number of rotatable bonds is 11. The van der Waals surface area contributed by atoms with Crippen LogP contribution in [0, 0.1) is 0 Å². The second kappa shape index (κ2) is 12.8. The van der Waals surface area contributed by atoms with E-state index < -0.39 is 0 Å². The van der Waals surface area contributed by atoms with E-state index in [1.54, 1.807) is 11.3 Å². The van der Waals surface area contributed by atoms with Crippen molar-refractivity contribution in [1.82, 2.24) is 20.4 Å². The van der Waals surface area contributed by atoms with Gasteiger partial charge in [0.1, 0.15) is 10.8 Å². The molecule has 4 rings (SSSR count). The second-order valence-electron chi connectivity index (χ2n) is 9.10. The number of hydrogen-bond donors (Lipinski definition) is 3. The van der Waals surface area contributed by atoms with Gasteiger partial charge in [0.15, 0.2) is 0 Å². The van der Waals surface area contributed by atoms with Gasteiger partial charge in [-0.15, -0.1) is 10.2 Å². The lowest BCUT2D eigenvalue weighted by Crippen LogP contribution is -2.33. The molecular formula is C24H37N5OS2. The summed E-state index contributed by atoms with van der Waals surface area (Å²) < 4.78 is 8.82. The minimum Gasteiger partial charge on any atom is -0.494 e. The van der Waals surface area contributed by atoms with Crippen molar-refractivity contribution in [1.29, 1.82) is 0 Å². The Labute approximate surface area is 202 Å². The summed E-state index contributed by atoms with van der Waals surface area (Å²) in [6.07, 6.45) is 11.1. The van der Waals surface area contributed by atoms with Crippen molar-refractivity contribution >= 4 is 29.3 Å². The molecule has 1 aromatic carbocycles. The third-order valence-corrected chi connectivity index (χ3v) is 8.00. The fourth-order valence-corrected chi connectivity index (χ4v) is 5.81. The number of benzene rings is 1. The van der Waals surface area contributed by atoms with E-state index in [9.17, 15) is 0 Å². The first-order chi connectivity index (χ1) is 15.8. The number of aromatic nitrogens is 2. The summed E-state index contributed by atoms with van der Waals surface area (Å²) >= 11 is 5.68. The molecule has 2 N–H and O–H groups in total. The maximum absolute atomic E-state index is 6.03.